The van der Waals surface area contributed by atoms with Crippen LogP contribution in [0.1, 0.15) is 22.8 Å². The van der Waals surface area contributed by atoms with Gasteiger partial charge in [0, 0.05) is 17.6 Å². The second kappa shape index (κ2) is 6.60. The number of rotatable bonds is 4. The van der Waals surface area contributed by atoms with E-state index >= 15 is 0 Å². The number of carbonyl (C=O) groups excluding carboxylic acids is 1. The minimum Gasteiger partial charge on any atom is -0.462 e. The molecule has 1 aromatic rings. The highest BCUT2D eigenvalue weighted by Crippen LogP contribution is 2.30. The maximum absolute atomic E-state index is 12.2. The van der Waals surface area contributed by atoms with Crippen molar-refractivity contribution in [2.24, 2.45) is 0 Å². The van der Waals surface area contributed by atoms with E-state index in [9.17, 15) is 18.0 Å². The van der Waals surface area contributed by atoms with E-state index in [4.69, 9.17) is 16.3 Å². The predicted octanol–water partition coefficient (Wildman–Crippen LogP) is 3.50. The maximum Gasteiger partial charge on any atom is 0.574 e. The van der Waals surface area contributed by atoms with Crippen LogP contribution >= 0.6 is 34.2 Å². The van der Waals surface area contributed by atoms with Crippen molar-refractivity contribution in [3.05, 3.63) is 20.9 Å². The lowest BCUT2D eigenvalue weighted by molar-refractivity contribution is -0.276. The van der Waals surface area contributed by atoms with Crippen molar-refractivity contribution in [1.82, 2.24) is 4.98 Å². The van der Waals surface area contributed by atoms with Gasteiger partial charge in [0.05, 0.1) is 15.7 Å². The molecular formula is C10H8ClF3INO3. The normalized spacial score (nSPS) is 11.3. The molecule has 0 aliphatic rings. The zero-order chi connectivity index (χ0) is 14.6. The number of halogens is 5. The number of pyridine rings is 1. The number of carbonyl (C=O) groups is 1. The summed E-state index contributed by atoms with van der Waals surface area (Å²) in [4.78, 5) is 15.2. The van der Waals surface area contributed by atoms with Gasteiger partial charge in [-0.3, -0.25) is 0 Å². The van der Waals surface area contributed by atoms with Crippen molar-refractivity contribution in [2.75, 3.05) is 6.61 Å². The summed E-state index contributed by atoms with van der Waals surface area (Å²) in [5, 5.41) is 0. The number of nitrogens with zero attached hydrogens (tertiary/aromatic N) is 1. The molecule has 0 radical (unpaired) electrons. The van der Waals surface area contributed by atoms with E-state index in [1.807, 2.05) is 0 Å². The van der Waals surface area contributed by atoms with E-state index < -0.39 is 18.2 Å². The second-order valence-electron chi connectivity index (χ2n) is 3.18. The van der Waals surface area contributed by atoms with Gasteiger partial charge in [-0.2, -0.15) is 0 Å². The van der Waals surface area contributed by atoms with Gasteiger partial charge in [0.2, 0.25) is 5.88 Å². The van der Waals surface area contributed by atoms with Gasteiger partial charge in [-0.05, 0) is 29.5 Å². The Bertz CT molecular complexity index is 482. The second-order valence-corrected chi connectivity index (χ2v) is 4.53. The molecule has 4 nitrogen and oxygen atoms in total. The van der Waals surface area contributed by atoms with Crippen molar-refractivity contribution in [1.29, 1.82) is 0 Å². The van der Waals surface area contributed by atoms with Gasteiger partial charge < -0.3 is 9.47 Å². The van der Waals surface area contributed by atoms with E-state index in [0.717, 1.165) is 6.20 Å². The van der Waals surface area contributed by atoms with Crippen molar-refractivity contribution in [3.8, 4) is 5.88 Å². The van der Waals surface area contributed by atoms with Crippen LogP contribution in [0.2, 0.25) is 0 Å². The van der Waals surface area contributed by atoms with E-state index in [1.165, 1.54) is 22.6 Å². The summed E-state index contributed by atoms with van der Waals surface area (Å²) in [5.41, 5.74) is 0.214. The minimum atomic E-state index is -4.89. The molecule has 1 heterocycles. The third-order valence-corrected chi connectivity index (χ3v) is 3.19. The Hall–Kier alpha value is -0.770. The molecule has 0 unspecified atom stereocenters. The smallest absolute Gasteiger partial charge is 0.462 e. The molecule has 106 valence electrons. The van der Waals surface area contributed by atoms with Gasteiger partial charge in [-0.25, -0.2) is 9.78 Å². The van der Waals surface area contributed by atoms with Gasteiger partial charge in [0.15, 0.2) is 0 Å². The Morgan fingerprint density at radius 1 is 1.53 bits per heavy atom. The third kappa shape index (κ3) is 4.37. The van der Waals surface area contributed by atoms with Crippen LogP contribution in [-0.4, -0.2) is 23.9 Å². The van der Waals surface area contributed by atoms with Crippen LogP contribution in [0.15, 0.2) is 6.20 Å². The fourth-order valence-corrected chi connectivity index (χ4v) is 2.23. The molecule has 0 spiro atoms. The molecule has 0 fully saturated rings. The van der Waals surface area contributed by atoms with E-state index in [2.05, 4.69) is 9.72 Å². The zero-order valence-corrected chi connectivity index (χ0v) is 12.5. The molecule has 9 heteroatoms. The van der Waals surface area contributed by atoms with Crippen LogP contribution in [0, 0.1) is 3.57 Å². The van der Waals surface area contributed by atoms with Crippen molar-refractivity contribution >= 4 is 40.2 Å². The Balaban J connectivity index is 3.25. The number of hydrogen-bond acceptors (Lipinski definition) is 4. The number of hydrogen-bond donors (Lipinski definition) is 0. The van der Waals surface area contributed by atoms with Crippen molar-refractivity contribution in [2.45, 2.75) is 19.2 Å². The summed E-state index contributed by atoms with van der Waals surface area (Å²) >= 11 is 7.16. The van der Waals surface area contributed by atoms with Gasteiger partial charge in [-0.15, -0.1) is 24.8 Å². The van der Waals surface area contributed by atoms with Gasteiger partial charge in [-0.1, -0.05) is 0 Å². The lowest BCUT2D eigenvalue weighted by atomic mass is 10.1. The van der Waals surface area contributed by atoms with Gasteiger partial charge >= 0.3 is 12.3 Å². The first-order valence-corrected chi connectivity index (χ1v) is 6.57. The van der Waals surface area contributed by atoms with Crippen molar-refractivity contribution < 1.29 is 27.4 Å². The molecule has 0 atom stereocenters. The lowest BCUT2D eigenvalue weighted by Gasteiger charge is -2.13. The number of ether oxygens (including phenoxy) is 2. The first kappa shape index (κ1) is 16.3. The van der Waals surface area contributed by atoms with Gasteiger partial charge in [0.25, 0.3) is 0 Å². The zero-order valence-electron chi connectivity index (χ0n) is 9.55. The molecular weight excluding hydrogens is 401 g/mol. The van der Waals surface area contributed by atoms with Crippen LogP contribution in [-0.2, 0) is 10.6 Å². The molecule has 0 saturated carbocycles. The molecule has 0 bridgehead atoms. The van der Waals surface area contributed by atoms with Crippen LogP contribution in [0.3, 0.4) is 0 Å². The molecule has 1 aromatic heterocycles. The Morgan fingerprint density at radius 3 is 2.63 bits per heavy atom. The Labute approximate surface area is 125 Å². The average molecular weight is 410 g/mol. The first-order valence-electron chi connectivity index (χ1n) is 4.96. The highest BCUT2D eigenvalue weighted by molar-refractivity contribution is 14.1. The maximum atomic E-state index is 12.2. The molecule has 0 saturated heterocycles. The SMILES string of the molecule is CCOC(=O)c1c(CCl)cnc(OC(F)(F)F)c1I. The molecule has 1 rings (SSSR count). The summed E-state index contributed by atoms with van der Waals surface area (Å²) in [6, 6.07) is 0. The quantitative estimate of drug-likeness (QED) is 0.434. The summed E-state index contributed by atoms with van der Waals surface area (Å²) in [6.07, 6.45) is -3.83. The molecule has 0 aliphatic heterocycles. The fourth-order valence-electron chi connectivity index (χ4n) is 1.21. The highest BCUT2D eigenvalue weighted by atomic mass is 127. The van der Waals surface area contributed by atoms with Crippen LogP contribution in [0.25, 0.3) is 0 Å². The topological polar surface area (TPSA) is 48.4 Å². The number of esters is 1. The fraction of sp³-hybridized carbons (Fsp3) is 0.400. The monoisotopic (exact) mass is 409 g/mol. The summed E-state index contributed by atoms with van der Waals surface area (Å²) in [7, 11) is 0. The predicted molar refractivity (Wildman–Crippen MR) is 69.2 cm³/mol. The third-order valence-electron chi connectivity index (χ3n) is 1.90. The van der Waals surface area contributed by atoms with E-state index in [-0.39, 0.29) is 27.2 Å². The Morgan fingerprint density at radius 2 is 2.16 bits per heavy atom. The summed E-state index contributed by atoms with van der Waals surface area (Å²) < 4.78 is 44.9. The van der Waals surface area contributed by atoms with Crippen LogP contribution in [0.5, 0.6) is 5.88 Å². The van der Waals surface area contributed by atoms with E-state index in [1.54, 1.807) is 6.92 Å². The summed E-state index contributed by atoms with van der Waals surface area (Å²) in [5.74, 6) is -1.55. The van der Waals surface area contributed by atoms with Crippen molar-refractivity contribution in [3.63, 3.8) is 0 Å². The molecule has 0 N–H and O–H groups in total. The first-order chi connectivity index (χ1) is 8.80. The molecule has 19 heavy (non-hydrogen) atoms. The standard InChI is InChI=1S/C10H8ClF3INO3/c1-2-18-9(17)6-5(3-11)4-16-8(7(6)15)19-10(12,13)14/h4H,2-3H2,1H3. The van der Waals surface area contributed by atoms with Crippen LogP contribution in [0.4, 0.5) is 13.2 Å². The minimum absolute atomic E-state index is 0.0632. The molecule has 0 aromatic carbocycles. The molecule has 0 aliphatic carbocycles. The number of aromatic nitrogens is 1. The van der Waals surface area contributed by atoms with Crippen LogP contribution < -0.4 is 4.74 Å². The molecule has 0 amide bonds. The highest BCUT2D eigenvalue weighted by Gasteiger charge is 2.34. The summed E-state index contributed by atoms with van der Waals surface area (Å²) in [6.45, 7) is 1.67. The lowest BCUT2D eigenvalue weighted by Crippen LogP contribution is -2.20. The average Bonchev–Trinajstić information content (AvgIpc) is 2.30. The number of alkyl halides is 4. The Kier molecular flexibility index (Phi) is 5.65. The van der Waals surface area contributed by atoms with Gasteiger partial charge in [0.1, 0.15) is 0 Å². The largest absolute Gasteiger partial charge is 0.574 e. The van der Waals surface area contributed by atoms with E-state index in [0.29, 0.717) is 0 Å².